The summed E-state index contributed by atoms with van der Waals surface area (Å²) in [6.45, 7) is 5.90. The van der Waals surface area contributed by atoms with E-state index >= 15 is 0 Å². The highest BCUT2D eigenvalue weighted by Crippen LogP contribution is 2.38. The van der Waals surface area contributed by atoms with Gasteiger partial charge in [-0.1, -0.05) is 91.9 Å². The molecule has 0 heteroatoms. The Hall–Kier alpha value is -2.08. The van der Waals surface area contributed by atoms with E-state index in [1.165, 1.54) is 17.5 Å². The Labute approximate surface area is 116 Å². The van der Waals surface area contributed by atoms with Gasteiger partial charge in [0, 0.05) is 0 Å². The highest BCUT2D eigenvalue weighted by atomic mass is 14.3. The van der Waals surface area contributed by atoms with E-state index in [-0.39, 0.29) is 0 Å². The summed E-state index contributed by atoms with van der Waals surface area (Å²) < 4.78 is 0. The number of hydrogen-bond donors (Lipinski definition) is 0. The van der Waals surface area contributed by atoms with Crippen LogP contribution in [0.1, 0.15) is 24.5 Å². The van der Waals surface area contributed by atoms with Gasteiger partial charge in [-0.25, -0.2) is 0 Å². The van der Waals surface area contributed by atoms with Crippen LogP contribution >= 0.6 is 0 Å². The van der Waals surface area contributed by atoms with Gasteiger partial charge in [0.05, 0.1) is 0 Å². The fourth-order valence-electron chi connectivity index (χ4n) is 1.85. The van der Waals surface area contributed by atoms with Crippen molar-refractivity contribution in [3.63, 3.8) is 0 Å². The lowest BCUT2D eigenvalue weighted by molar-refractivity contribution is 1.02. The van der Waals surface area contributed by atoms with E-state index in [1.54, 1.807) is 5.57 Å². The van der Waals surface area contributed by atoms with Gasteiger partial charge in [0.15, 0.2) is 0 Å². The summed E-state index contributed by atoms with van der Waals surface area (Å²) in [6, 6.07) is 20.5. The summed E-state index contributed by atoms with van der Waals surface area (Å²) in [4.78, 5) is 0. The summed E-state index contributed by atoms with van der Waals surface area (Å²) in [5.41, 5.74) is 4.11. The number of rotatable bonds is 2. The molecule has 1 aliphatic rings. The quantitative estimate of drug-likeness (QED) is 0.664. The number of benzene rings is 2. The maximum Gasteiger partial charge on any atom is -0.0191 e. The molecule has 1 fully saturated rings. The van der Waals surface area contributed by atoms with Crippen molar-refractivity contribution in [1.29, 1.82) is 0 Å². The molecule has 0 saturated heterocycles. The molecule has 0 bridgehead atoms. The third-order valence-corrected chi connectivity index (χ3v) is 3.20. The minimum absolute atomic E-state index is 0.843. The first-order valence-corrected chi connectivity index (χ1v) is 6.72. The van der Waals surface area contributed by atoms with Gasteiger partial charge >= 0.3 is 0 Å². The molecule has 0 radical (unpaired) electrons. The van der Waals surface area contributed by atoms with Crippen molar-refractivity contribution in [3.05, 3.63) is 83.9 Å². The standard InChI is InChI=1S/C11H12.C8H8/c1-9-7-11(9)8-10-5-3-2-4-6-10;1-2-8-6-4-3-5-7-8/h2-6,8-9H,7H2,1H3;2-7H,1H2. The van der Waals surface area contributed by atoms with Gasteiger partial charge < -0.3 is 0 Å². The van der Waals surface area contributed by atoms with E-state index in [9.17, 15) is 0 Å². The molecule has 96 valence electrons. The topological polar surface area (TPSA) is 0 Å². The van der Waals surface area contributed by atoms with Crippen molar-refractivity contribution >= 4 is 12.2 Å². The zero-order valence-corrected chi connectivity index (χ0v) is 11.4. The van der Waals surface area contributed by atoms with Crippen LogP contribution < -0.4 is 0 Å². The summed E-state index contributed by atoms with van der Waals surface area (Å²) >= 11 is 0. The van der Waals surface area contributed by atoms with Crippen molar-refractivity contribution in [1.82, 2.24) is 0 Å². The van der Waals surface area contributed by atoms with E-state index < -0.39 is 0 Å². The van der Waals surface area contributed by atoms with E-state index in [4.69, 9.17) is 0 Å². The Kier molecular flexibility index (Phi) is 4.74. The molecule has 0 heterocycles. The summed E-state index contributed by atoms with van der Waals surface area (Å²) in [5, 5.41) is 0. The zero-order chi connectivity index (χ0) is 13.5. The highest BCUT2D eigenvalue weighted by Gasteiger charge is 2.23. The van der Waals surface area contributed by atoms with E-state index in [1.807, 2.05) is 36.4 Å². The predicted octanol–water partition coefficient (Wildman–Crippen LogP) is 5.44. The Morgan fingerprint density at radius 1 is 0.895 bits per heavy atom. The van der Waals surface area contributed by atoms with Gasteiger partial charge in [0.1, 0.15) is 0 Å². The van der Waals surface area contributed by atoms with Crippen molar-refractivity contribution in [2.24, 2.45) is 5.92 Å². The average molecular weight is 248 g/mol. The number of allylic oxidation sites excluding steroid dienone is 1. The van der Waals surface area contributed by atoms with Gasteiger partial charge in [0.2, 0.25) is 0 Å². The Morgan fingerprint density at radius 2 is 1.37 bits per heavy atom. The Morgan fingerprint density at radius 3 is 1.74 bits per heavy atom. The van der Waals surface area contributed by atoms with E-state index in [0.717, 1.165) is 5.92 Å². The highest BCUT2D eigenvalue weighted by molar-refractivity contribution is 5.57. The zero-order valence-electron chi connectivity index (χ0n) is 11.4. The lowest BCUT2D eigenvalue weighted by atomic mass is 10.2. The van der Waals surface area contributed by atoms with Crippen LogP contribution in [0.2, 0.25) is 0 Å². The second-order valence-corrected chi connectivity index (χ2v) is 4.85. The SMILES string of the molecule is C=Cc1ccccc1.CC1CC1=Cc1ccccc1. The first kappa shape index (κ1) is 13.4. The average Bonchev–Trinajstić information content (AvgIpc) is 3.17. The maximum atomic E-state index is 3.63. The molecule has 0 N–H and O–H groups in total. The van der Waals surface area contributed by atoms with E-state index in [0.29, 0.717) is 0 Å². The van der Waals surface area contributed by atoms with Gasteiger partial charge in [-0.15, -0.1) is 0 Å². The first-order chi connectivity index (χ1) is 9.29. The van der Waals surface area contributed by atoms with Crippen LogP contribution in [0.3, 0.4) is 0 Å². The van der Waals surface area contributed by atoms with Crippen LogP contribution in [-0.4, -0.2) is 0 Å². The molecule has 1 atom stereocenters. The van der Waals surface area contributed by atoms with Crippen molar-refractivity contribution in [2.45, 2.75) is 13.3 Å². The minimum atomic E-state index is 0.843. The molecule has 2 aromatic carbocycles. The molecule has 3 rings (SSSR count). The van der Waals surface area contributed by atoms with Crippen LogP contribution in [0.15, 0.2) is 72.8 Å². The normalized spacial score (nSPS) is 18.4. The Balaban J connectivity index is 0.000000148. The lowest BCUT2D eigenvalue weighted by Gasteiger charge is -1.88. The van der Waals surface area contributed by atoms with Crippen LogP contribution in [-0.2, 0) is 0 Å². The van der Waals surface area contributed by atoms with Crippen molar-refractivity contribution in [2.75, 3.05) is 0 Å². The second kappa shape index (κ2) is 6.75. The fourth-order valence-corrected chi connectivity index (χ4v) is 1.85. The molecule has 1 saturated carbocycles. The first-order valence-electron chi connectivity index (χ1n) is 6.72. The summed E-state index contributed by atoms with van der Waals surface area (Å²) in [7, 11) is 0. The fraction of sp³-hybridized carbons (Fsp3) is 0.158. The summed E-state index contributed by atoms with van der Waals surface area (Å²) in [6.07, 6.45) is 5.43. The molecule has 0 aliphatic heterocycles. The summed E-state index contributed by atoms with van der Waals surface area (Å²) in [5.74, 6) is 0.843. The molecule has 0 aromatic heterocycles. The van der Waals surface area contributed by atoms with Gasteiger partial charge in [-0.2, -0.15) is 0 Å². The molecule has 2 aromatic rings. The minimum Gasteiger partial charge on any atom is -0.0985 e. The van der Waals surface area contributed by atoms with Crippen LogP contribution in [0, 0.1) is 5.92 Å². The molecular weight excluding hydrogens is 228 g/mol. The molecule has 1 aliphatic carbocycles. The van der Waals surface area contributed by atoms with E-state index in [2.05, 4.69) is 49.9 Å². The lowest BCUT2D eigenvalue weighted by Crippen LogP contribution is -1.67. The maximum absolute atomic E-state index is 3.63. The van der Waals surface area contributed by atoms with Gasteiger partial charge in [-0.3, -0.25) is 0 Å². The molecule has 19 heavy (non-hydrogen) atoms. The largest absolute Gasteiger partial charge is 0.0985 e. The van der Waals surface area contributed by atoms with Crippen molar-refractivity contribution in [3.8, 4) is 0 Å². The van der Waals surface area contributed by atoms with Gasteiger partial charge in [-0.05, 0) is 23.5 Å². The smallest absolute Gasteiger partial charge is 0.0191 e. The van der Waals surface area contributed by atoms with Crippen LogP contribution in [0.25, 0.3) is 12.2 Å². The molecule has 0 amide bonds. The van der Waals surface area contributed by atoms with Gasteiger partial charge in [0.25, 0.3) is 0 Å². The van der Waals surface area contributed by atoms with Crippen LogP contribution in [0.4, 0.5) is 0 Å². The molecule has 1 unspecified atom stereocenters. The Bertz CT molecular complexity index is 535. The van der Waals surface area contributed by atoms with Crippen molar-refractivity contribution < 1.29 is 0 Å². The molecule has 0 nitrogen and oxygen atoms in total. The second-order valence-electron chi connectivity index (χ2n) is 4.85. The molecular formula is C19H20. The predicted molar refractivity (Wildman–Crippen MR) is 84.7 cm³/mol. The monoisotopic (exact) mass is 248 g/mol. The third-order valence-electron chi connectivity index (χ3n) is 3.20. The molecule has 0 spiro atoms. The van der Waals surface area contributed by atoms with Crippen LogP contribution in [0.5, 0.6) is 0 Å². The number of hydrogen-bond acceptors (Lipinski definition) is 0. The third kappa shape index (κ3) is 4.59.